The SMILES string of the molecule is Nc1cnc(NCC2CCN(Cc3ccccc3)CC2)nc1-c1c[nH]c2ncc(C(F)(F)F)cc12. The maximum atomic E-state index is 13.2. The van der Waals surface area contributed by atoms with Crippen molar-refractivity contribution in [2.24, 2.45) is 5.92 Å². The summed E-state index contributed by atoms with van der Waals surface area (Å²) < 4.78 is 39.6. The van der Waals surface area contributed by atoms with Crippen molar-refractivity contribution < 1.29 is 13.2 Å². The molecule has 3 aromatic heterocycles. The lowest BCUT2D eigenvalue weighted by molar-refractivity contribution is -0.137. The number of anilines is 2. The molecule has 4 aromatic rings. The Bertz CT molecular complexity index is 1300. The lowest BCUT2D eigenvalue weighted by Gasteiger charge is -2.32. The summed E-state index contributed by atoms with van der Waals surface area (Å²) >= 11 is 0. The van der Waals surface area contributed by atoms with E-state index in [4.69, 9.17) is 5.73 Å². The Balaban J connectivity index is 1.25. The number of hydrogen-bond acceptors (Lipinski definition) is 6. The monoisotopic (exact) mass is 481 g/mol. The molecule has 0 spiro atoms. The van der Waals surface area contributed by atoms with Crippen LogP contribution in [0.5, 0.6) is 0 Å². The van der Waals surface area contributed by atoms with Crippen molar-refractivity contribution >= 4 is 22.7 Å². The van der Waals surface area contributed by atoms with Gasteiger partial charge in [-0.3, -0.25) is 4.90 Å². The van der Waals surface area contributed by atoms with Crippen LogP contribution in [0, 0.1) is 5.92 Å². The average Bonchev–Trinajstić information content (AvgIpc) is 3.28. The third-order valence-corrected chi connectivity index (χ3v) is 6.44. The molecule has 4 heterocycles. The molecule has 1 saturated heterocycles. The number of hydrogen-bond donors (Lipinski definition) is 3. The lowest BCUT2D eigenvalue weighted by atomic mass is 9.96. The molecule has 1 fully saturated rings. The number of halogens is 3. The Hall–Kier alpha value is -3.66. The molecule has 0 bridgehead atoms. The van der Waals surface area contributed by atoms with Crippen LogP contribution < -0.4 is 11.1 Å². The van der Waals surface area contributed by atoms with Crippen LogP contribution in [0.1, 0.15) is 24.0 Å². The topological polar surface area (TPSA) is 95.7 Å². The second-order valence-electron chi connectivity index (χ2n) is 8.90. The zero-order valence-electron chi connectivity index (χ0n) is 19.0. The fraction of sp³-hybridized carbons (Fsp3) is 0.320. The van der Waals surface area contributed by atoms with E-state index in [0.717, 1.165) is 51.3 Å². The number of nitrogens with one attached hydrogen (secondary N) is 2. The number of nitrogen functional groups attached to an aromatic ring is 1. The maximum Gasteiger partial charge on any atom is 0.417 e. The number of pyridine rings is 1. The molecule has 1 aromatic carbocycles. The molecule has 0 atom stereocenters. The van der Waals surface area contributed by atoms with Gasteiger partial charge in [0.25, 0.3) is 0 Å². The quantitative estimate of drug-likeness (QED) is 0.361. The summed E-state index contributed by atoms with van der Waals surface area (Å²) in [5.41, 5.74) is 8.03. The van der Waals surface area contributed by atoms with Crippen LogP contribution in [0.25, 0.3) is 22.3 Å². The number of aromatic nitrogens is 4. The third-order valence-electron chi connectivity index (χ3n) is 6.44. The van der Waals surface area contributed by atoms with Crippen molar-refractivity contribution in [3.8, 4) is 11.3 Å². The zero-order chi connectivity index (χ0) is 24.4. The van der Waals surface area contributed by atoms with Crippen LogP contribution in [-0.4, -0.2) is 44.5 Å². The van der Waals surface area contributed by atoms with Gasteiger partial charge in [0.2, 0.25) is 5.95 Å². The highest BCUT2D eigenvalue weighted by Crippen LogP contribution is 2.35. The fourth-order valence-electron chi connectivity index (χ4n) is 4.47. The normalized spacial score (nSPS) is 15.5. The number of aromatic amines is 1. The third kappa shape index (κ3) is 5.22. The van der Waals surface area contributed by atoms with Crippen molar-refractivity contribution in [2.75, 3.05) is 30.7 Å². The molecule has 1 aliphatic rings. The van der Waals surface area contributed by atoms with Gasteiger partial charge in [0.05, 0.1) is 17.4 Å². The molecular weight excluding hydrogens is 455 g/mol. The molecule has 0 radical (unpaired) electrons. The van der Waals surface area contributed by atoms with E-state index in [1.54, 1.807) is 6.20 Å². The summed E-state index contributed by atoms with van der Waals surface area (Å²) in [5, 5.41) is 3.60. The summed E-state index contributed by atoms with van der Waals surface area (Å²) in [6.07, 6.45) is 1.50. The predicted molar refractivity (Wildman–Crippen MR) is 129 cm³/mol. The molecule has 1 aliphatic heterocycles. The van der Waals surface area contributed by atoms with E-state index in [1.807, 2.05) is 6.07 Å². The fourth-order valence-corrected chi connectivity index (χ4v) is 4.47. The van der Waals surface area contributed by atoms with Crippen LogP contribution in [0.2, 0.25) is 0 Å². The van der Waals surface area contributed by atoms with Gasteiger partial charge in [-0.2, -0.15) is 13.2 Å². The second-order valence-corrected chi connectivity index (χ2v) is 8.90. The van der Waals surface area contributed by atoms with Gasteiger partial charge in [0.15, 0.2) is 0 Å². The van der Waals surface area contributed by atoms with Crippen molar-refractivity contribution in [1.82, 2.24) is 24.8 Å². The van der Waals surface area contributed by atoms with Crippen molar-refractivity contribution in [1.29, 1.82) is 0 Å². The highest BCUT2D eigenvalue weighted by atomic mass is 19.4. The number of rotatable bonds is 6. The van der Waals surface area contributed by atoms with Crippen LogP contribution in [0.3, 0.4) is 0 Å². The first-order chi connectivity index (χ1) is 16.9. The van der Waals surface area contributed by atoms with Crippen molar-refractivity contribution in [2.45, 2.75) is 25.6 Å². The number of fused-ring (bicyclic) bond motifs is 1. The van der Waals surface area contributed by atoms with E-state index in [0.29, 0.717) is 34.2 Å². The molecular formula is C25H26F3N7. The smallest absolute Gasteiger partial charge is 0.396 e. The number of piperidine rings is 1. The summed E-state index contributed by atoms with van der Waals surface area (Å²) in [6.45, 7) is 3.73. The highest BCUT2D eigenvalue weighted by molar-refractivity contribution is 5.95. The molecule has 5 rings (SSSR count). The van der Waals surface area contributed by atoms with E-state index in [2.05, 4.69) is 54.4 Å². The van der Waals surface area contributed by atoms with E-state index < -0.39 is 11.7 Å². The standard InChI is InChI=1S/C25H26F3N7/c26-25(27,28)18-10-19-20(13-31-23(19)30-12-18)22-21(29)14-33-24(34-22)32-11-16-6-8-35(9-7-16)15-17-4-2-1-3-5-17/h1-5,10,12-14,16H,6-9,11,15,29H2,(H,30,31)(H,32,33,34). The predicted octanol–water partition coefficient (Wildman–Crippen LogP) is 4.95. The first-order valence-corrected chi connectivity index (χ1v) is 11.5. The molecule has 0 unspecified atom stereocenters. The Morgan fingerprint density at radius 3 is 2.60 bits per heavy atom. The number of nitrogens with zero attached hydrogens (tertiary/aromatic N) is 4. The number of alkyl halides is 3. The largest absolute Gasteiger partial charge is 0.417 e. The molecule has 182 valence electrons. The van der Waals surface area contributed by atoms with Gasteiger partial charge in [0, 0.05) is 36.4 Å². The van der Waals surface area contributed by atoms with Crippen molar-refractivity contribution in [3.05, 3.63) is 66.1 Å². The van der Waals surface area contributed by atoms with Gasteiger partial charge in [0.1, 0.15) is 11.3 Å². The van der Waals surface area contributed by atoms with Gasteiger partial charge in [-0.1, -0.05) is 30.3 Å². The second kappa shape index (κ2) is 9.53. The first-order valence-electron chi connectivity index (χ1n) is 11.5. The summed E-state index contributed by atoms with van der Waals surface area (Å²) in [6, 6.07) is 11.5. The van der Waals surface area contributed by atoms with Gasteiger partial charge >= 0.3 is 6.18 Å². The number of likely N-dealkylation sites (tertiary alicyclic amines) is 1. The average molecular weight is 482 g/mol. The van der Waals surface area contributed by atoms with Crippen LogP contribution in [0.15, 0.2) is 55.0 Å². The van der Waals surface area contributed by atoms with Crippen molar-refractivity contribution in [3.63, 3.8) is 0 Å². The van der Waals surface area contributed by atoms with Crippen LogP contribution in [-0.2, 0) is 12.7 Å². The minimum atomic E-state index is -4.49. The Kier molecular flexibility index (Phi) is 6.29. The van der Waals surface area contributed by atoms with Crippen LogP contribution in [0.4, 0.5) is 24.8 Å². The van der Waals surface area contributed by atoms with E-state index in [-0.39, 0.29) is 5.69 Å². The highest BCUT2D eigenvalue weighted by Gasteiger charge is 2.31. The molecule has 4 N–H and O–H groups in total. The zero-order valence-corrected chi connectivity index (χ0v) is 19.0. The summed E-state index contributed by atoms with van der Waals surface area (Å²) in [4.78, 5) is 18.1. The molecule has 0 amide bonds. The number of H-pyrrole nitrogens is 1. The maximum absolute atomic E-state index is 13.2. The molecule has 10 heteroatoms. The van der Waals surface area contributed by atoms with Gasteiger partial charge in [-0.25, -0.2) is 15.0 Å². The molecule has 0 saturated carbocycles. The lowest BCUT2D eigenvalue weighted by Crippen LogP contribution is -2.35. The molecule has 0 aliphatic carbocycles. The number of nitrogens with two attached hydrogens (primary N) is 1. The first kappa shape index (κ1) is 23.1. The Morgan fingerprint density at radius 2 is 1.86 bits per heavy atom. The minimum absolute atomic E-state index is 0.281. The minimum Gasteiger partial charge on any atom is -0.396 e. The van der Waals surface area contributed by atoms with E-state index in [9.17, 15) is 13.2 Å². The molecule has 35 heavy (non-hydrogen) atoms. The van der Waals surface area contributed by atoms with Crippen LogP contribution >= 0.6 is 0 Å². The van der Waals surface area contributed by atoms with E-state index >= 15 is 0 Å². The Labute approximate surface area is 200 Å². The summed E-state index contributed by atoms with van der Waals surface area (Å²) in [5.74, 6) is 0.883. The van der Waals surface area contributed by atoms with Gasteiger partial charge in [-0.15, -0.1) is 0 Å². The Morgan fingerprint density at radius 1 is 1.09 bits per heavy atom. The van der Waals surface area contributed by atoms with Gasteiger partial charge < -0.3 is 16.0 Å². The number of benzene rings is 1. The summed E-state index contributed by atoms with van der Waals surface area (Å²) in [7, 11) is 0. The molecule has 7 nitrogen and oxygen atoms in total. The van der Waals surface area contributed by atoms with E-state index in [1.165, 1.54) is 11.8 Å². The van der Waals surface area contributed by atoms with Gasteiger partial charge in [-0.05, 0) is 43.5 Å².